The highest BCUT2D eigenvalue weighted by molar-refractivity contribution is 5.92. The molecule has 1 heterocycles. The monoisotopic (exact) mass is 393 g/mol. The Kier molecular flexibility index (Phi) is 8.38. The van der Waals surface area contributed by atoms with Crippen LogP contribution in [0.2, 0.25) is 0 Å². The summed E-state index contributed by atoms with van der Waals surface area (Å²) in [5.74, 6) is -3.29. The van der Waals surface area contributed by atoms with Gasteiger partial charge in [-0.3, -0.25) is 19.6 Å². The highest BCUT2D eigenvalue weighted by Gasteiger charge is 2.41. The van der Waals surface area contributed by atoms with Crippen molar-refractivity contribution in [2.24, 2.45) is 5.92 Å². The van der Waals surface area contributed by atoms with Gasteiger partial charge in [0.2, 0.25) is 11.8 Å². The van der Waals surface area contributed by atoms with Gasteiger partial charge in [0.25, 0.3) is 5.91 Å². The average Bonchev–Trinajstić information content (AvgIpc) is 3.22. The molecule has 1 aliphatic heterocycles. The summed E-state index contributed by atoms with van der Waals surface area (Å²) in [4.78, 5) is 38.5. The first kappa shape index (κ1) is 21.8. The minimum atomic E-state index is -2.15. The van der Waals surface area contributed by atoms with E-state index in [0.717, 1.165) is 12.0 Å². The number of amides is 3. The van der Waals surface area contributed by atoms with Crippen LogP contribution in [-0.2, 0) is 20.9 Å². The lowest BCUT2D eigenvalue weighted by Gasteiger charge is -2.29. The third-order valence-electron chi connectivity index (χ3n) is 5.05. The van der Waals surface area contributed by atoms with Crippen LogP contribution >= 0.6 is 0 Å². The number of alkyl halides is 1. The van der Waals surface area contributed by atoms with Crippen LogP contribution in [0.15, 0.2) is 30.3 Å². The number of carbonyl (C=O) groups is 3. The van der Waals surface area contributed by atoms with Crippen molar-refractivity contribution in [3.8, 4) is 0 Å². The van der Waals surface area contributed by atoms with Gasteiger partial charge in [-0.25, -0.2) is 9.87 Å². The maximum absolute atomic E-state index is 14.5. The fraction of sp³-hybridized carbons (Fsp3) is 0.550. The van der Waals surface area contributed by atoms with Crippen molar-refractivity contribution in [3.05, 3.63) is 35.9 Å². The van der Waals surface area contributed by atoms with Crippen LogP contribution in [0.5, 0.6) is 0 Å². The first-order chi connectivity index (χ1) is 13.5. The molecule has 3 atom stereocenters. The second-order valence-electron chi connectivity index (χ2n) is 7.02. The summed E-state index contributed by atoms with van der Waals surface area (Å²) in [5.41, 5.74) is 2.22. The zero-order valence-corrected chi connectivity index (χ0v) is 16.1. The lowest BCUT2D eigenvalue weighted by molar-refractivity contribution is -0.149. The van der Waals surface area contributed by atoms with E-state index in [1.54, 1.807) is 0 Å². The van der Waals surface area contributed by atoms with Crippen molar-refractivity contribution in [1.29, 1.82) is 0 Å². The largest absolute Gasteiger partial charge is 0.350 e. The van der Waals surface area contributed by atoms with E-state index in [1.165, 1.54) is 10.4 Å². The number of hydrogen-bond donors (Lipinski definition) is 3. The van der Waals surface area contributed by atoms with Crippen LogP contribution in [0.3, 0.4) is 0 Å². The molecule has 0 saturated carbocycles. The Balaban J connectivity index is 2.05. The molecule has 3 N–H and O–H groups in total. The Morgan fingerprint density at radius 2 is 2.00 bits per heavy atom. The van der Waals surface area contributed by atoms with Crippen LogP contribution in [0.1, 0.15) is 44.6 Å². The first-order valence-corrected chi connectivity index (χ1v) is 9.69. The first-order valence-electron chi connectivity index (χ1n) is 9.69. The van der Waals surface area contributed by atoms with Gasteiger partial charge < -0.3 is 10.2 Å². The van der Waals surface area contributed by atoms with Crippen LogP contribution in [0.4, 0.5) is 4.39 Å². The van der Waals surface area contributed by atoms with Crippen molar-refractivity contribution >= 4 is 17.7 Å². The predicted molar refractivity (Wildman–Crippen MR) is 101 cm³/mol. The average molecular weight is 393 g/mol. The van der Waals surface area contributed by atoms with E-state index in [0.29, 0.717) is 32.4 Å². The molecule has 2 rings (SSSR count). The summed E-state index contributed by atoms with van der Waals surface area (Å²) in [6, 6.07) is 8.73. The topological polar surface area (TPSA) is 98.7 Å². The van der Waals surface area contributed by atoms with Gasteiger partial charge in [-0.2, -0.15) is 0 Å². The van der Waals surface area contributed by atoms with Gasteiger partial charge >= 0.3 is 0 Å². The normalized spacial score (nSPS) is 18.4. The third-order valence-corrected chi connectivity index (χ3v) is 5.05. The highest BCUT2D eigenvalue weighted by Crippen LogP contribution is 2.25. The molecule has 1 fully saturated rings. The molecule has 3 unspecified atom stereocenters. The summed E-state index contributed by atoms with van der Waals surface area (Å²) in [5, 5.41) is 11.5. The maximum atomic E-state index is 14.5. The fourth-order valence-electron chi connectivity index (χ4n) is 3.48. The van der Waals surface area contributed by atoms with Gasteiger partial charge in [-0.15, -0.1) is 0 Å². The van der Waals surface area contributed by atoms with Gasteiger partial charge in [0.05, 0.1) is 5.92 Å². The summed E-state index contributed by atoms with van der Waals surface area (Å²) in [6.45, 7) is 2.59. The number of likely N-dealkylation sites (tertiary alicyclic amines) is 1. The van der Waals surface area contributed by atoms with Crippen LogP contribution in [0, 0.1) is 5.92 Å². The molecule has 7 nitrogen and oxygen atoms in total. The molecule has 0 aliphatic carbocycles. The van der Waals surface area contributed by atoms with Crippen molar-refractivity contribution in [2.75, 3.05) is 6.54 Å². The fourth-order valence-corrected chi connectivity index (χ4v) is 3.48. The molecule has 154 valence electrons. The standard InChI is InChI=1S/C20H28FN3O4/c1-2-3-10-15(17(21)19(26)23-28)20(27)24-12-7-11-16(24)18(25)22-13-14-8-5-4-6-9-14/h4-6,8-9,15-17,28H,2-3,7,10-13H2,1H3,(H,22,25)(H,23,26). The van der Waals surface area contributed by atoms with Crippen LogP contribution in [0.25, 0.3) is 0 Å². The molecule has 1 saturated heterocycles. The van der Waals surface area contributed by atoms with E-state index in [9.17, 15) is 18.8 Å². The van der Waals surface area contributed by atoms with Crippen molar-refractivity contribution < 1.29 is 24.0 Å². The summed E-state index contributed by atoms with van der Waals surface area (Å²) < 4.78 is 14.5. The SMILES string of the molecule is CCCCC(C(=O)N1CCCC1C(=O)NCc1ccccc1)C(F)C(=O)NO. The summed E-state index contributed by atoms with van der Waals surface area (Å²) >= 11 is 0. The van der Waals surface area contributed by atoms with Gasteiger partial charge in [0.1, 0.15) is 6.04 Å². The minimum absolute atomic E-state index is 0.179. The Labute approximate surface area is 164 Å². The number of hydrogen-bond acceptors (Lipinski definition) is 4. The molecular formula is C20H28FN3O4. The maximum Gasteiger partial charge on any atom is 0.278 e. The number of nitrogens with one attached hydrogen (secondary N) is 2. The zero-order chi connectivity index (χ0) is 20.5. The second-order valence-corrected chi connectivity index (χ2v) is 7.02. The van der Waals surface area contributed by atoms with E-state index in [2.05, 4.69) is 5.32 Å². The minimum Gasteiger partial charge on any atom is -0.350 e. The lowest BCUT2D eigenvalue weighted by atomic mass is 9.94. The number of rotatable bonds is 9. The Morgan fingerprint density at radius 1 is 1.29 bits per heavy atom. The zero-order valence-electron chi connectivity index (χ0n) is 16.1. The van der Waals surface area contributed by atoms with E-state index >= 15 is 0 Å². The molecule has 28 heavy (non-hydrogen) atoms. The quantitative estimate of drug-likeness (QED) is 0.441. The molecule has 0 spiro atoms. The van der Waals surface area contributed by atoms with Gasteiger partial charge in [-0.1, -0.05) is 50.1 Å². The molecule has 0 aromatic heterocycles. The molecule has 0 bridgehead atoms. The number of hydroxylamine groups is 1. The molecule has 1 aliphatic rings. The number of benzene rings is 1. The second kappa shape index (κ2) is 10.8. The molecule has 3 amide bonds. The molecular weight excluding hydrogens is 365 g/mol. The summed E-state index contributed by atoms with van der Waals surface area (Å²) in [7, 11) is 0. The van der Waals surface area contributed by atoms with Crippen molar-refractivity contribution in [2.45, 2.75) is 57.8 Å². The van der Waals surface area contributed by atoms with Crippen LogP contribution < -0.4 is 10.8 Å². The van der Waals surface area contributed by atoms with E-state index in [1.807, 2.05) is 37.3 Å². The molecule has 1 aromatic rings. The van der Waals surface area contributed by atoms with Crippen LogP contribution in [-0.4, -0.2) is 46.6 Å². The number of unbranched alkanes of at least 4 members (excludes halogenated alkanes) is 1. The van der Waals surface area contributed by atoms with Crippen molar-refractivity contribution in [3.63, 3.8) is 0 Å². The van der Waals surface area contributed by atoms with Gasteiger partial charge in [-0.05, 0) is 24.8 Å². The Hall–Kier alpha value is -2.48. The van der Waals surface area contributed by atoms with E-state index in [-0.39, 0.29) is 12.3 Å². The number of carbonyl (C=O) groups excluding carboxylic acids is 3. The molecule has 1 aromatic carbocycles. The Morgan fingerprint density at radius 3 is 2.64 bits per heavy atom. The number of halogens is 1. The van der Waals surface area contributed by atoms with E-state index in [4.69, 9.17) is 5.21 Å². The van der Waals surface area contributed by atoms with Crippen molar-refractivity contribution in [1.82, 2.24) is 15.7 Å². The predicted octanol–water partition coefficient (Wildman–Crippen LogP) is 1.94. The Bertz CT molecular complexity index is 671. The van der Waals surface area contributed by atoms with E-state index < -0.39 is 29.9 Å². The smallest absolute Gasteiger partial charge is 0.278 e. The molecule has 8 heteroatoms. The van der Waals surface area contributed by atoms with Gasteiger partial charge in [0.15, 0.2) is 6.17 Å². The van der Waals surface area contributed by atoms with Gasteiger partial charge in [0, 0.05) is 13.1 Å². The lowest BCUT2D eigenvalue weighted by Crippen LogP contribution is -2.50. The third kappa shape index (κ3) is 5.51. The summed E-state index contributed by atoms with van der Waals surface area (Å²) in [6.07, 6.45) is 0.456. The highest BCUT2D eigenvalue weighted by atomic mass is 19.1. The number of nitrogens with zero attached hydrogens (tertiary/aromatic N) is 1. The molecule has 0 radical (unpaired) electrons.